The van der Waals surface area contributed by atoms with Gasteiger partial charge < -0.3 is 10.8 Å². The predicted molar refractivity (Wildman–Crippen MR) is 119 cm³/mol. The van der Waals surface area contributed by atoms with Crippen LogP contribution in [0.1, 0.15) is 46.6 Å². The fourth-order valence-electron chi connectivity index (χ4n) is 3.62. The van der Waals surface area contributed by atoms with Gasteiger partial charge in [0.05, 0.1) is 65.9 Å². The van der Waals surface area contributed by atoms with E-state index >= 15 is 0 Å². The van der Waals surface area contributed by atoms with Crippen molar-refractivity contribution in [1.82, 2.24) is 34.2 Å². The summed E-state index contributed by atoms with van der Waals surface area (Å²) in [7, 11) is 0. The highest BCUT2D eigenvalue weighted by Gasteiger charge is 2.23. The van der Waals surface area contributed by atoms with E-state index in [0.717, 1.165) is 40.9 Å². The molecule has 0 saturated carbocycles. The van der Waals surface area contributed by atoms with Crippen LogP contribution in [0.3, 0.4) is 0 Å². The minimum atomic E-state index is -0.986. The monoisotopic (exact) mass is 422 g/mol. The second kappa shape index (κ2) is 8.24. The molecule has 0 aliphatic heterocycles. The third-order valence-electron chi connectivity index (χ3n) is 5.80. The molecule has 0 amide bonds. The molecule has 9 nitrogen and oxygen atoms in total. The van der Waals surface area contributed by atoms with Crippen molar-refractivity contribution >= 4 is 5.52 Å². The fraction of sp³-hybridized carbons (Fsp3) is 0.455. The first-order valence-electron chi connectivity index (χ1n) is 10.7. The van der Waals surface area contributed by atoms with Crippen molar-refractivity contribution in [2.75, 3.05) is 0 Å². The van der Waals surface area contributed by atoms with E-state index in [9.17, 15) is 5.11 Å². The summed E-state index contributed by atoms with van der Waals surface area (Å²) in [5, 5.41) is 23.5. The molecule has 0 fully saturated rings. The maximum atomic E-state index is 10.1. The van der Waals surface area contributed by atoms with Gasteiger partial charge in [0.25, 0.3) is 0 Å². The van der Waals surface area contributed by atoms with Crippen molar-refractivity contribution in [3.05, 3.63) is 43.2 Å². The first-order valence-corrected chi connectivity index (χ1v) is 10.7. The second-order valence-corrected chi connectivity index (χ2v) is 8.53. The Kier molecular flexibility index (Phi) is 5.63. The average Bonchev–Trinajstić information content (AvgIpc) is 3.48. The van der Waals surface area contributed by atoms with E-state index in [-0.39, 0.29) is 0 Å². The number of aromatic nitrogens is 7. The molecule has 0 saturated heterocycles. The largest absolute Gasteiger partial charge is 0.389 e. The molecule has 164 valence electrons. The van der Waals surface area contributed by atoms with Gasteiger partial charge in [-0.25, -0.2) is 9.50 Å². The van der Waals surface area contributed by atoms with E-state index in [2.05, 4.69) is 35.3 Å². The lowest BCUT2D eigenvalue weighted by Gasteiger charge is -2.25. The molecule has 4 aromatic heterocycles. The van der Waals surface area contributed by atoms with Gasteiger partial charge in [-0.3, -0.25) is 9.36 Å². The summed E-state index contributed by atoms with van der Waals surface area (Å²) in [5.74, 6) is 0. The molecule has 4 rings (SSSR count). The lowest BCUT2D eigenvalue weighted by atomic mass is 10.0. The Morgan fingerprint density at radius 3 is 2.48 bits per heavy atom. The number of nitrogens with zero attached hydrogens (tertiary/aromatic N) is 7. The van der Waals surface area contributed by atoms with E-state index < -0.39 is 11.6 Å². The summed E-state index contributed by atoms with van der Waals surface area (Å²) in [5.41, 5.74) is 9.42. The quantitative estimate of drug-likeness (QED) is 0.451. The van der Waals surface area contributed by atoms with Gasteiger partial charge in [0.15, 0.2) is 0 Å². The van der Waals surface area contributed by atoms with Gasteiger partial charge in [0.1, 0.15) is 0 Å². The van der Waals surface area contributed by atoms with Crippen molar-refractivity contribution in [2.45, 2.75) is 64.8 Å². The minimum absolute atomic E-state index is 0.371. The molecule has 0 aliphatic carbocycles. The highest BCUT2D eigenvalue weighted by molar-refractivity contribution is 5.78. The topological polar surface area (TPSA) is 112 Å². The number of hydrogen-bond acceptors (Lipinski definition) is 6. The Hall–Kier alpha value is -3.04. The lowest BCUT2D eigenvalue weighted by molar-refractivity contribution is 0.0448. The van der Waals surface area contributed by atoms with Crippen LogP contribution in [-0.2, 0) is 6.54 Å². The standard InChI is InChI=1S/C22H30N8O/c1-5-17(6-2)29-12-16(10-26-29)21-19-7-8-24-30(19)13-18(27-21)15-9-25-28(11-15)14-20(23)22(3,4)31/h7-13,17,20,31H,5-6,14,23H2,1-4H3. The maximum absolute atomic E-state index is 10.1. The van der Waals surface area contributed by atoms with E-state index in [1.807, 2.05) is 33.9 Å². The highest BCUT2D eigenvalue weighted by atomic mass is 16.3. The fourth-order valence-corrected chi connectivity index (χ4v) is 3.62. The first kappa shape index (κ1) is 21.2. The number of hydrogen-bond donors (Lipinski definition) is 2. The van der Waals surface area contributed by atoms with Crippen LogP contribution in [0.5, 0.6) is 0 Å². The molecular weight excluding hydrogens is 392 g/mol. The Morgan fingerprint density at radius 2 is 1.77 bits per heavy atom. The van der Waals surface area contributed by atoms with E-state index in [4.69, 9.17) is 10.7 Å². The third-order valence-corrected chi connectivity index (χ3v) is 5.80. The Bertz CT molecular complexity index is 1160. The Balaban J connectivity index is 1.70. The molecule has 3 N–H and O–H groups in total. The van der Waals surface area contributed by atoms with E-state index in [0.29, 0.717) is 12.6 Å². The van der Waals surface area contributed by atoms with Crippen LogP contribution in [0.15, 0.2) is 43.2 Å². The SMILES string of the molecule is CCC(CC)n1cc(-c2nc(-c3cnn(CC(N)C(C)(C)O)c3)cn3nccc23)cn1. The van der Waals surface area contributed by atoms with Crippen LogP contribution in [-0.4, -0.2) is 50.9 Å². The normalized spacial score (nSPS) is 13.4. The van der Waals surface area contributed by atoms with Gasteiger partial charge in [0, 0.05) is 23.5 Å². The summed E-state index contributed by atoms with van der Waals surface area (Å²) in [6, 6.07) is 1.89. The molecule has 1 unspecified atom stereocenters. The first-order chi connectivity index (χ1) is 14.8. The van der Waals surface area contributed by atoms with Crippen LogP contribution in [0.4, 0.5) is 0 Å². The molecule has 0 bridgehead atoms. The van der Waals surface area contributed by atoms with Gasteiger partial charge in [-0.05, 0) is 32.8 Å². The molecule has 0 aliphatic rings. The molecule has 0 spiro atoms. The van der Waals surface area contributed by atoms with Crippen molar-refractivity contribution in [2.24, 2.45) is 5.73 Å². The molecular formula is C22H30N8O. The molecule has 0 aromatic carbocycles. The lowest BCUT2D eigenvalue weighted by Crippen LogP contribution is -2.45. The summed E-state index contributed by atoms with van der Waals surface area (Å²) >= 11 is 0. The summed E-state index contributed by atoms with van der Waals surface area (Å²) < 4.78 is 5.58. The summed E-state index contributed by atoms with van der Waals surface area (Å²) in [6.07, 6.45) is 13.3. The van der Waals surface area contributed by atoms with Crippen LogP contribution < -0.4 is 5.73 Å². The van der Waals surface area contributed by atoms with Crippen LogP contribution in [0.25, 0.3) is 28.0 Å². The van der Waals surface area contributed by atoms with Gasteiger partial charge >= 0.3 is 0 Å². The van der Waals surface area contributed by atoms with Crippen LogP contribution in [0, 0.1) is 0 Å². The zero-order chi connectivity index (χ0) is 22.2. The molecule has 1 atom stereocenters. The number of aliphatic hydroxyl groups is 1. The molecule has 4 aromatic rings. The molecule has 31 heavy (non-hydrogen) atoms. The number of fused-ring (bicyclic) bond motifs is 1. The maximum Gasteiger partial charge on any atom is 0.0999 e. The van der Waals surface area contributed by atoms with Crippen molar-refractivity contribution in [3.8, 4) is 22.5 Å². The average molecular weight is 423 g/mol. The zero-order valence-corrected chi connectivity index (χ0v) is 18.5. The van der Waals surface area contributed by atoms with Gasteiger partial charge in [-0.2, -0.15) is 15.3 Å². The highest BCUT2D eigenvalue weighted by Crippen LogP contribution is 2.28. The van der Waals surface area contributed by atoms with E-state index in [1.165, 1.54) is 0 Å². The third kappa shape index (κ3) is 4.24. The number of nitrogens with two attached hydrogens (primary N) is 1. The predicted octanol–water partition coefficient (Wildman–Crippen LogP) is 2.92. The molecule has 0 radical (unpaired) electrons. The Labute approximate surface area is 181 Å². The van der Waals surface area contributed by atoms with Crippen LogP contribution in [0.2, 0.25) is 0 Å². The second-order valence-electron chi connectivity index (χ2n) is 8.53. The van der Waals surface area contributed by atoms with Crippen molar-refractivity contribution in [3.63, 3.8) is 0 Å². The minimum Gasteiger partial charge on any atom is -0.389 e. The summed E-state index contributed by atoms with van der Waals surface area (Å²) in [4.78, 5) is 4.93. The van der Waals surface area contributed by atoms with Gasteiger partial charge in [-0.15, -0.1) is 0 Å². The van der Waals surface area contributed by atoms with Crippen molar-refractivity contribution < 1.29 is 5.11 Å². The number of rotatable bonds is 8. The van der Waals surface area contributed by atoms with Crippen LogP contribution >= 0.6 is 0 Å². The van der Waals surface area contributed by atoms with Gasteiger partial charge in [0.2, 0.25) is 0 Å². The smallest absolute Gasteiger partial charge is 0.0999 e. The summed E-state index contributed by atoms with van der Waals surface area (Å²) in [6.45, 7) is 8.14. The molecule has 4 heterocycles. The Morgan fingerprint density at radius 1 is 1.03 bits per heavy atom. The zero-order valence-electron chi connectivity index (χ0n) is 18.5. The van der Waals surface area contributed by atoms with E-state index in [1.54, 1.807) is 30.9 Å². The van der Waals surface area contributed by atoms with Crippen molar-refractivity contribution in [1.29, 1.82) is 0 Å². The molecule has 9 heteroatoms. The van der Waals surface area contributed by atoms with Gasteiger partial charge in [-0.1, -0.05) is 13.8 Å².